The van der Waals surface area contributed by atoms with Crippen molar-refractivity contribution < 1.29 is 9.84 Å². The third-order valence-electron chi connectivity index (χ3n) is 6.70. The van der Waals surface area contributed by atoms with Gasteiger partial charge in [0.2, 0.25) is 0 Å². The number of ether oxygens (including phenoxy) is 1. The lowest BCUT2D eigenvalue weighted by Crippen LogP contribution is -2.38. The predicted octanol–water partition coefficient (Wildman–Crippen LogP) is 4.23. The summed E-state index contributed by atoms with van der Waals surface area (Å²) in [4.78, 5) is 10.6. The maximum absolute atomic E-state index is 9.83. The molecule has 168 valence electrons. The lowest BCUT2D eigenvalue weighted by molar-refractivity contribution is -0.0433. The molecule has 0 amide bonds. The average molecular weight is 442 g/mol. The van der Waals surface area contributed by atoms with Crippen molar-refractivity contribution in [3.63, 3.8) is 0 Å². The van der Waals surface area contributed by atoms with Crippen LogP contribution in [0.25, 0.3) is 39.1 Å². The molecule has 7 nitrogen and oxygen atoms in total. The van der Waals surface area contributed by atoms with E-state index in [1.54, 1.807) is 6.07 Å². The Morgan fingerprint density at radius 3 is 2.91 bits per heavy atom. The predicted molar refractivity (Wildman–Crippen MR) is 129 cm³/mol. The Morgan fingerprint density at radius 1 is 1.18 bits per heavy atom. The summed E-state index contributed by atoms with van der Waals surface area (Å²) in [6.45, 7) is 6.88. The minimum Gasteiger partial charge on any atom is -0.508 e. The Kier molecular flexibility index (Phi) is 5.00. The van der Waals surface area contributed by atoms with Gasteiger partial charge in [-0.1, -0.05) is 25.1 Å². The molecule has 2 aromatic carbocycles. The van der Waals surface area contributed by atoms with Gasteiger partial charge in [0.05, 0.1) is 30.6 Å². The summed E-state index contributed by atoms with van der Waals surface area (Å²) in [5, 5.41) is 18.6. The first kappa shape index (κ1) is 20.2. The summed E-state index contributed by atoms with van der Waals surface area (Å²) >= 11 is 0. The van der Waals surface area contributed by atoms with Crippen LogP contribution in [-0.4, -0.2) is 63.0 Å². The number of phenolic OH excluding ortho intramolecular Hbond substituents is 1. The number of fused-ring (bicyclic) bond motifs is 1. The fourth-order valence-electron chi connectivity index (χ4n) is 4.83. The van der Waals surface area contributed by atoms with Crippen molar-refractivity contribution in [2.24, 2.45) is 5.92 Å². The molecule has 1 saturated heterocycles. The van der Waals surface area contributed by atoms with Crippen LogP contribution in [0.2, 0.25) is 0 Å². The number of aromatic nitrogens is 4. The van der Waals surface area contributed by atoms with E-state index in [0.29, 0.717) is 11.7 Å². The minimum atomic E-state index is 0.298. The van der Waals surface area contributed by atoms with E-state index in [1.807, 2.05) is 18.3 Å². The molecule has 4 heterocycles. The van der Waals surface area contributed by atoms with Gasteiger partial charge in [0, 0.05) is 30.9 Å². The molecule has 33 heavy (non-hydrogen) atoms. The van der Waals surface area contributed by atoms with Gasteiger partial charge in [0.25, 0.3) is 0 Å². The number of hydrogen-bond acceptors (Lipinski definition) is 5. The van der Waals surface area contributed by atoms with E-state index in [0.717, 1.165) is 84.1 Å². The monoisotopic (exact) mass is 441 g/mol. The molecular weight excluding hydrogens is 414 g/mol. The second-order valence-electron chi connectivity index (χ2n) is 9.00. The SMILES string of the molecule is CCc1cc(O)ccc1-c1ccc2c(-c3ncc(C4=CCN(CC5COC5)C4)[nH]3)n[nH]c2c1. The van der Waals surface area contributed by atoms with E-state index in [4.69, 9.17) is 4.74 Å². The number of benzene rings is 2. The number of nitrogens with zero attached hydrogens (tertiary/aromatic N) is 3. The molecule has 0 radical (unpaired) electrons. The van der Waals surface area contributed by atoms with Gasteiger partial charge in [-0.3, -0.25) is 10.00 Å². The standard InChI is InChI=1S/C26H27N5O2/c1-2-17-9-20(32)4-6-21(17)18-3-5-22-23(10-18)29-30-25(22)26-27-11-24(28-26)19-7-8-31(13-19)12-16-14-33-15-16/h3-7,9-11,16,32H,2,8,12-15H2,1H3,(H,27,28)(H,29,30). The second-order valence-corrected chi connectivity index (χ2v) is 9.00. The van der Waals surface area contributed by atoms with Gasteiger partial charge in [0.15, 0.2) is 5.82 Å². The Labute approximate surface area is 192 Å². The first-order chi connectivity index (χ1) is 16.2. The van der Waals surface area contributed by atoms with Crippen LogP contribution in [0.5, 0.6) is 5.75 Å². The number of imidazole rings is 1. The second kappa shape index (κ2) is 8.17. The van der Waals surface area contributed by atoms with Crippen LogP contribution in [0.3, 0.4) is 0 Å². The molecular formula is C26H27N5O2. The molecule has 0 saturated carbocycles. The zero-order chi connectivity index (χ0) is 22.4. The van der Waals surface area contributed by atoms with E-state index >= 15 is 0 Å². The van der Waals surface area contributed by atoms with Gasteiger partial charge in [-0.15, -0.1) is 0 Å². The lowest BCUT2D eigenvalue weighted by atomic mass is 9.97. The van der Waals surface area contributed by atoms with Crippen molar-refractivity contribution in [1.82, 2.24) is 25.1 Å². The van der Waals surface area contributed by atoms with Crippen LogP contribution in [0.15, 0.2) is 48.7 Å². The van der Waals surface area contributed by atoms with Gasteiger partial charge >= 0.3 is 0 Å². The van der Waals surface area contributed by atoms with E-state index in [-0.39, 0.29) is 0 Å². The smallest absolute Gasteiger partial charge is 0.159 e. The minimum absolute atomic E-state index is 0.298. The quantitative estimate of drug-likeness (QED) is 0.417. The van der Waals surface area contributed by atoms with Gasteiger partial charge in [-0.25, -0.2) is 4.98 Å². The van der Waals surface area contributed by atoms with E-state index in [1.165, 1.54) is 5.57 Å². The maximum atomic E-state index is 9.83. The van der Waals surface area contributed by atoms with Crippen LogP contribution in [0.1, 0.15) is 18.2 Å². The number of hydrogen-bond donors (Lipinski definition) is 3. The molecule has 4 aromatic rings. The molecule has 0 spiro atoms. The molecule has 0 aliphatic carbocycles. The van der Waals surface area contributed by atoms with Crippen molar-refractivity contribution in [2.75, 3.05) is 32.8 Å². The topological polar surface area (TPSA) is 90.1 Å². The molecule has 2 aliphatic heterocycles. The summed E-state index contributed by atoms with van der Waals surface area (Å²) < 4.78 is 5.31. The zero-order valence-electron chi connectivity index (χ0n) is 18.6. The van der Waals surface area contributed by atoms with Crippen molar-refractivity contribution in [1.29, 1.82) is 0 Å². The maximum Gasteiger partial charge on any atom is 0.159 e. The van der Waals surface area contributed by atoms with Crippen LogP contribution in [0, 0.1) is 5.92 Å². The number of rotatable bonds is 6. The van der Waals surface area contributed by atoms with Crippen LogP contribution < -0.4 is 0 Å². The molecule has 2 aromatic heterocycles. The Bertz CT molecular complexity index is 1350. The summed E-state index contributed by atoms with van der Waals surface area (Å²) in [6, 6.07) is 11.9. The number of phenols is 1. The van der Waals surface area contributed by atoms with Crippen molar-refractivity contribution in [3.8, 4) is 28.4 Å². The summed E-state index contributed by atoms with van der Waals surface area (Å²) in [6.07, 6.45) is 5.05. The summed E-state index contributed by atoms with van der Waals surface area (Å²) in [7, 11) is 0. The fraction of sp³-hybridized carbons (Fsp3) is 0.308. The normalized spacial score (nSPS) is 16.9. The average Bonchev–Trinajstić information content (AvgIpc) is 3.54. The zero-order valence-corrected chi connectivity index (χ0v) is 18.6. The highest BCUT2D eigenvalue weighted by molar-refractivity contribution is 5.94. The van der Waals surface area contributed by atoms with Crippen molar-refractivity contribution >= 4 is 16.5 Å². The number of aromatic hydroxyl groups is 1. The summed E-state index contributed by atoms with van der Waals surface area (Å²) in [5.74, 6) is 1.74. The van der Waals surface area contributed by atoms with Crippen molar-refractivity contribution in [3.05, 3.63) is 59.9 Å². The van der Waals surface area contributed by atoms with Gasteiger partial charge < -0.3 is 14.8 Å². The molecule has 0 bridgehead atoms. The first-order valence-corrected chi connectivity index (χ1v) is 11.5. The number of nitrogens with one attached hydrogen (secondary N) is 2. The number of H-pyrrole nitrogens is 2. The number of aryl methyl sites for hydroxylation is 1. The summed E-state index contributed by atoms with van der Waals surface area (Å²) in [5.41, 5.74) is 7.48. The van der Waals surface area contributed by atoms with Gasteiger partial charge in [-0.05, 0) is 52.9 Å². The van der Waals surface area contributed by atoms with E-state index < -0.39 is 0 Å². The van der Waals surface area contributed by atoms with E-state index in [2.05, 4.69) is 56.3 Å². The number of aromatic amines is 2. The highest BCUT2D eigenvalue weighted by Crippen LogP contribution is 2.32. The third-order valence-corrected chi connectivity index (χ3v) is 6.70. The molecule has 7 heteroatoms. The highest BCUT2D eigenvalue weighted by Gasteiger charge is 2.25. The Balaban J connectivity index is 1.25. The highest BCUT2D eigenvalue weighted by atomic mass is 16.5. The molecule has 6 rings (SSSR count). The lowest BCUT2D eigenvalue weighted by Gasteiger charge is -2.30. The van der Waals surface area contributed by atoms with Crippen LogP contribution in [0.4, 0.5) is 0 Å². The Morgan fingerprint density at radius 2 is 2.09 bits per heavy atom. The third kappa shape index (κ3) is 3.73. The van der Waals surface area contributed by atoms with Gasteiger partial charge in [0.1, 0.15) is 11.4 Å². The van der Waals surface area contributed by atoms with Crippen LogP contribution >= 0.6 is 0 Å². The fourth-order valence-corrected chi connectivity index (χ4v) is 4.83. The molecule has 3 N–H and O–H groups in total. The molecule has 2 aliphatic rings. The first-order valence-electron chi connectivity index (χ1n) is 11.5. The largest absolute Gasteiger partial charge is 0.508 e. The molecule has 1 fully saturated rings. The Hall–Kier alpha value is -3.42. The molecule has 0 unspecified atom stereocenters. The van der Waals surface area contributed by atoms with Crippen LogP contribution in [-0.2, 0) is 11.2 Å². The van der Waals surface area contributed by atoms with E-state index in [9.17, 15) is 5.11 Å². The van der Waals surface area contributed by atoms with Gasteiger partial charge in [-0.2, -0.15) is 5.10 Å². The van der Waals surface area contributed by atoms with Crippen molar-refractivity contribution in [2.45, 2.75) is 13.3 Å². The molecule has 0 atom stereocenters.